The van der Waals surface area contributed by atoms with Crippen molar-refractivity contribution in [1.29, 1.82) is 0 Å². The summed E-state index contributed by atoms with van der Waals surface area (Å²) in [4.78, 5) is 34.1. The standard InChI is InChI=1S/C27H26FN7O2/c28-23-13-7-6-12-22(23)26-31-33-34(32-26)18-24(36)35(21-10-2-1-3-11-21)25(19-14-16-29-17-15-19)27(37)30-20-8-4-5-9-20/h1-3,6-7,10-17,20,25H,4-5,8-9,18H2,(H,30,37). The molecule has 188 valence electrons. The van der Waals surface area contributed by atoms with E-state index in [0.29, 0.717) is 11.3 Å². The van der Waals surface area contributed by atoms with Crippen LogP contribution in [0.15, 0.2) is 79.1 Å². The molecule has 0 aliphatic heterocycles. The van der Waals surface area contributed by atoms with Crippen LogP contribution in [0, 0.1) is 5.82 Å². The third-order valence-corrected chi connectivity index (χ3v) is 6.38. The molecule has 4 aromatic rings. The average molecular weight is 500 g/mol. The summed E-state index contributed by atoms with van der Waals surface area (Å²) in [5.74, 6) is -1.11. The van der Waals surface area contributed by atoms with Crippen LogP contribution < -0.4 is 10.2 Å². The van der Waals surface area contributed by atoms with Gasteiger partial charge in [0.2, 0.25) is 11.7 Å². The van der Waals surface area contributed by atoms with Crippen LogP contribution in [0.1, 0.15) is 37.3 Å². The average Bonchev–Trinajstić information content (AvgIpc) is 3.60. The van der Waals surface area contributed by atoms with Gasteiger partial charge in [-0.25, -0.2) is 4.39 Å². The zero-order chi connectivity index (χ0) is 25.6. The zero-order valence-corrected chi connectivity index (χ0v) is 20.1. The number of hydrogen-bond acceptors (Lipinski definition) is 6. The topological polar surface area (TPSA) is 106 Å². The summed E-state index contributed by atoms with van der Waals surface area (Å²) in [6, 6.07) is 17.7. The summed E-state index contributed by atoms with van der Waals surface area (Å²) in [5, 5.41) is 15.2. The Balaban J connectivity index is 1.48. The van der Waals surface area contributed by atoms with E-state index in [4.69, 9.17) is 0 Å². The molecule has 1 fully saturated rings. The van der Waals surface area contributed by atoms with Crippen LogP contribution in [-0.2, 0) is 16.1 Å². The van der Waals surface area contributed by atoms with Crippen LogP contribution >= 0.6 is 0 Å². The van der Waals surface area contributed by atoms with Gasteiger partial charge < -0.3 is 5.32 Å². The summed E-state index contributed by atoms with van der Waals surface area (Å²) in [6.07, 6.45) is 7.14. The van der Waals surface area contributed by atoms with Crippen LogP contribution in [0.2, 0.25) is 0 Å². The van der Waals surface area contributed by atoms with Crippen molar-refractivity contribution >= 4 is 17.5 Å². The maximum atomic E-state index is 14.2. The molecule has 1 N–H and O–H groups in total. The number of nitrogens with one attached hydrogen (secondary N) is 1. The molecule has 1 aliphatic rings. The second-order valence-electron chi connectivity index (χ2n) is 8.90. The summed E-state index contributed by atoms with van der Waals surface area (Å²) in [5.41, 5.74) is 1.36. The molecule has 2 aromatic carbocycles. The number of benzene rings is 2. The van der Waals surface area contributed by atoms with Crippen LogP contribution in [0.25, 0.3) is 11.4 Å². The summed E-state index contributed by atoms with van der Waals surface area (Å²) in [6.45, 7) is -0.297. The maximum absolute atomic E-state index is 14.2. The number of nitrogens with zero attached hydrogens (tertiary/aromatic N) is 6. The molecule has 9 nitrogen and oxygen atoms in total. The van der Waals surface area contributed by atoms with Crippen molar-refractivity contribution < 1.29 is 14.0 Å². The zero-order valence-electron chi connectivity index (χ0n) is 20.1. The number of amides is 2. The number of rotatable bonds is 8. The highest BCUT2D eigenvalue weighted by Gasteiger charge is 2.34. The molecule has 5 rings (SSSR count). The third kappa shape index (κ3) is 5.53. The highest BCUT2D eigenvalue weighted by molar-refractivity contribution is 6.01. The molecule has 0 bridgehead atoms. The number of anilines is 1. The SMILES string of the molecule is O=C(NC1CCCC1)C(c1ccncc1)N(C(=O)Cn1nnc(-c2ccccc2F)n1)c1ccccc1. The van der Waals surface area contributed by atoms with Gasteiger partial charge in [0.25, 0.3) is 5.91 Å². The van der Waals surface area contributed by atoms with Gasteiger partial charge in [-0.3, -0.25) is 19.5 Å². The molecule has 2 aromatic heterocycles. The highest BCUT2D eigenvalue weighted by Crippen LogP contribution is 2.29. The van der Waals surface area contributed by atoms with Crippen molar-refractivity contribution in [2.24, 2.45) is 0 Å². The van der Waals surface area contributed by atoms with Gasteiger partial charge in [-0.15, -0.1) is 10.2 Å². The van der Waals surface area contributed by atoms with Crippen molar-refractivity contribution in [2.45, 2.75) is 44.3 Å². The van der Waals surface area contributed by atoms with E-state index in [9.17, 15) is 14.0 Å². The lowest BCUT2D eigenvalue weighted by Gasteiger charge is -2.32. The number of pyridine rings is 1. The molecule has 37 heavy (non-hydrogen) atoms. The first-order valence-electron chi connectivity index (χ1n) is 12.2. The van der Waals surface area contributed by atoms with Gasteiger partial charge in [-0.1, -0.05) is 43.2 Å². The molecule has 1 unspecified atom stereocenters. The Morgan fingerprint density at radius 2 is 1.70 bits per heavy atom. The molecular formula is C27H26FN7O2. The lowest BCUT2D eigenvalue weighted by atomic mass is 10.0. The minimum absolute atomic E-state index is 0.0711. The van der Waals surface area contributed by atoms with Gasteiger partial charge >= 0.3 is 0 Å². The number of halogens is 1. The quantitative estimate of drug-likeness (QED) is 0.396. The maximum Gasteiger partial charge on any atom is 0.251 e. The molecule has 10 heteroatoms. The minimum Gasteiger partial charge on any atom is -0.351 e. The van der Waals surface area contributed by atoms with Crippen molar-refractivity contribution in [2.75, 3.05) is 4.90 Å². The van der Waals surface area contributed by atoms with Crippen LogP contribution in [0.5, 0.6) is 0 Å². The number of tetrazole rings is 1. The molecule has 2 amide bonds. The van der Waals surface area contributed by atoms with Crippen LogP contribution in [0.4, 0.5) is 10.1 Å². The van der Waals surface area contributed by atoms with Crippen molar-refractivity contribution in [1.82, 2.24) is 30.5 Å². The van der Waals surface area contributed by atoms with E-state index in [2.05, 4.69) is 25.7 Å². The Kier molecular flexibility index (Phi) is 7.25. The van der Waals surface area contributed by atoms with Gasteiger partial charge in [0, 0.05) is 24.1 Å². The number of hydrogen-bond donors (Lipinski definition) is 1. The van der Waals surface area contributed by atoms with Gasteiger partial charge in [-0.05, 0) is 60.0 Å². The summed E-state index contributed by atoms with van der Waals surface area (Å²) >= 11 is 0. The van der Waals surface area contributed by atoms with Gasteiger partial charge in [-0.2, -0.15) is 4.80 Å². The van der Waals surface area contributed by atoms with E-state index >= 15 is 0 Å². The van der Waals surface area contributed by atoms with Crippen LogP contribution in [-0.4, -0.2) is 43.0 Å². The van der Waals surface area contributed by atoms with Gasteiger partial charge in [0.05, 0.1) is 5.56 Å². The molecule has 1 saturated carbocycles. The second kappa shape index (κ2) is 11.1. The molecule has 0 spiro atoms. The first-order chi connectivity index (χ1) is 18.1. The largest absolute Gasteiger partial charge is 0.351 e. The van der Waals surface area contributed by atoms with E-state index in [1.807, 2.05) is 6.07 Å². The Morgan fingerprint density at radius 3 is 2.43 bits per heavy atom. The van der Waals surface area contributed by atoms with Gasteiger partial charge in [0.15, 0.2) is 0 Å². The summed E-state index contributed by atoms with van der Waals surface area (Å²) < 4.78 is 14.2. The monoisotopic (exact) mass is 499 g/mol. The molecule has 1 atom stereocenters. The summed E-state index contributed by atoms with van der Waals surface area (Å²) in [7, 11) is 0. The normalized spacial score (nSPS) is 14.3. The number of carbonyl (C=O) groups is 2. The Labute approximate surface area is 213 Å². The molecular weight excluding hydrogens is 473 g/mol. The minimum atomic E-state index is -0.937. The van der Waals surface area contributed by atoms with Crippen molar-refractivity contribution in [3.8, 4) is 11.4 Å². The smallest absolute Gasteiger partial charge is 0.251 e. The third-order valence-electron chi connectivity index (χ3n) is 6.38. The molecule has 2 heterocycles. The van der Waals surface area contributed by atoms with E-state index < -0.39 is 17.8 Å². The predicted octanol–water partition coefficient (Wildman–Crippen LogP) is 3.71. The molecule has 0 saturated heterocycles. The van der Waals surface area contributed by atoms with Crippen molar-refractivity contribution in [3.63, 3.8) is 0 Å². The fraction of sp³-hybridized carbons (Fsp3) is 0.259. The van der Waals surface area contributed by atoms with Crippen molar-refractivity contribution in [3.05, 3.63) is 90.5 Å². The lowest BCUT2D eigenvalue weighted by Crippen LogP contribution is -2.47. The van der Waals surface area contributed by atoms with E-state index in [1.165, 1.54) is 11.0 Å². The Bertz CT molecular complexity index is 1360. The number of para-hydroxylation sites is 1. The first-order valence-corrected chi connectivity index (χ1v) is 12.2. The second-order valence-corrected chi connectivity index (χ2v) is 8.90. The predicted molar refractivity (Wildman–Crippen MR) is 135 cm³/mol. The lowest BCUT2D eigenvalue weighted by molar-refractivity contribution is -0.127. The number of carbonyl (C=O) groups excluding carboxylic acids is 2. The number of aromatic nitrogens is 5. The van der Waals surface area contributed by atoms with E-state index in [0.717, 1.165) is 30.5 Å². The molecule has 1 aliphatic carbocycles. The first kappa shape index (κ1) is 24.2. The fourth-order valence-electron chi connectivity index (χ4n) is 4.60. The highest BCUT2D eigenvalue weighted by atomic mass is 19.1. The molecule has 0 radical (unpaired) electrons. The Morgan fingerprint density at radius 1 is 1.00 bits per heavy atom. The van der Waals surface area contributed by atoms with E-state index in [-0.39, 0.29) is 29.9 Å². The Hall–Kier alpha value is -4.47. The van der Waals surface area contributed by atoms with E-state index in [1.54, 1.807) is 67.0 Å². The van der Waals surface area contributed by atoms with Crippen LogP contribution in [0.3, 0.4) is 0 Å². The fourth-order valence-corrected chi connectivity index (χ4v) is 4.60. The van der Waals surface area contributed by atoms with Gasteiger partial charge in [0.1, 0.15) is 18.4 Å².